The molecule has 4 heteroatoms. The smallest absolute Gasteiger partial charge is 0.148 e. The highest BCUT2D eigenvalue weighted by Crippen LogP contribution is 2.15. The number of aryl methyl sites for hydroxylation is 2. The molecule has 118 valence electrons. The van der Waals surface area contributed by atoms with E-state index >= 15 is 0 Å². The van der Waals surface area contributed by atoms with Crippen LogP contribution in [0.25, 0.3) is 0 Å². The molecule has 0 aliphatic heterocycles. The summed E-state index contributed by atoms with van der Waals surface area (Å²) in [5.41, 5.74) is 4.10. The molecule has 0 unspecified atom stereocenters. The lowest BCUT2D eigenvalue weighted by atomic mass is 10.1. The van der Waals surface area contributed by atoms with Gasteiger partial charge in [0, 0.05) is 12.7 Å². The van der Waals surface area contributed by atoms with Crippen LogP contribution < -0.4 is 5.32 Å². The monoisotopic (exact) mass is 299 g/mol. The summed E-state index contributed by atoms with van der Waals surface area (Å²) in [6.07, 6.45) is 1.78. The highest BCUT2D eigenvalue weighted by molar-refractivity contribution is 5.40. The first kappa shape index (κ1) is 16.4. The fraction of sp³-hybridized carbons (Fsp3) is 0.444. The van der Waals surface area contributed by atoms with Crippen molar-refractivity contribution in [1.82, 2.24) is 9.97 Å². The lowest BCUT2D eigenvalue weighted by Crippen LogP contribution is -2.18. The van der Waals surface area contributed by atoms with Gasteiger partial charge in [-0.05, 0) is 45.7 Å². The van der Waals surface area contributed by atoms with Gasteiger partial charge < -0.3 is 10.1 Å². The van der Waals surface area contributed by atoms with E-state index < -0.39 is 0 Å². The van der Waals surface area contributed by atoms with Gasteiger partial charge in [-0.15, -0.1) is 0 Å². The van der Waals surface area contributed by atoms with Crippen LogP contribution in [-0.4, -0.2) is 15.6 Å². The van der Waals surface area contributed by atoms with Crippen molar-refractivity contribution >= 4 is 5.82 Å². The molecule has 1 aromatic carbocycles. The molecule has 22 heavy (non-hydrogen) atoms. The molecule has 0 radical (unpaired) electrons. The van der Waals surface area contributed by atoms with Crippen LogP contribution in [0.15, 0.2) is 30.5 Å². The van der Waals surface area contributed by atoms with Crippen LogP contribution in [0.5, 0.6) is 0 Å². The average Bonchev–Trinajstić information content (AvgIpc) is 2.46. The summed E-state index contributed by atoms with van der Waals surface area (Å²) in [5.74, 6) is 0.844. The Morgan fingerprint density at radius 1 is 1.14 bits per heavy atom. The van der Waals surface area contributed by atoms with E-state index in [0.717, 1.165) is 23.8 Å². The van der Waals surface area contributed by atoms with E-state index in [1.165, 1.54) is 11.1 Å². The Balaban J connectivity index is 2.00. The van der Waals surface area contributed by atoms with Gasteiger partial charge in [0.1, 0.15) is 5.82 Å². The Morgan fingerprint density at radius 2 is 1.86 bits per heavy atom. The molecule has 2 rings (SSSR count). The molecule has 2 aromatic rings. The number of nitrogens with one attached hydrogen (secondary N) is 1. The number of hydrogen-bond donors (Lipinski definition) is 1. The number of hydrogen-bond acceptors (Lipinski definition) is 4. The van der Waals surface area contributed by atoms with Gasteiger partial charge in [0.05, 0.1) is 23.6 Å². The summed E-state index contributed by atoms with van der Waals surface area (Å²) in [7, 11) is 0. The molecule has 0 aliphatic rings. The molecule has 0 fully saturated rings. The van der Waals surface area contributed by atoms with Gasteiger partial charge in [-0.25, -0.2) is 4.98 Å². The van der Waals surface area contributed by atoms with Gasteiger partial charge in [-0.3, -0.25) is 4.98 Å². The van der Waals surface area contributed by atoms with E-state index in [9.17, 15) is 0 Å². The molecule has 0 atom stereocenters. The Labute approximate surface area is 133 Å². The van der Waals surface area contributed by atoms with E-state index in [4.69, 9.17) is 4.74 Å². The fourth-order valence-electron chi connectivity index (χ4n) is 2.02. The molecule has 1 heterocycles. The first-order valence-electron chi connectivity index (χ1n) is 7.59. The van der Waals surface area contributed by atoms with E-state index in [1.54, 1.807) is 6.20 Å². The second kappa shape index (κ2) is 6.88. The van der Waals surface area contributed by atoms with Crippen LogP contribution in [0.1, 0.15) is 43.3 Å². The van der Waals surface area contributed by atoms with Crippen LogP contribution in [0.4, 0.5) is 5.82 Å². The number of aromatic nitrogens is 2. The molecular formula is C18H25N3O. The first-order valence-corrected chi connectivity index (χ1v) is 7.59. The van der Waals surface area contributed by atoms with E-state index in [-0.39, 0.29) is 5.60 Å². The quantitative estimate of drug-likeness (QED) is 0.906. The zero-order chi connectivity index (χ0) is 16.2. The Hall–Kier alpha value is -1.94. The van der Waals surface area contributed by atoms with Crippen molar-refractivity contribution in [2.24, 2.45) is 0 Å². The van der Waals surface area contributed by atoms with Gasteiger partial charge in [-0.2, -0.15) is 0 Å². The van der Waals surface area contributed by atoms with Crippen molar-refractivity contribution in [3.63, 3.8) is 0 Å². The van der Waals surface area contributed by atoms with E-state index in [0.29, 0.717) is 6.61 Å². The number of rotatable bonds is 5. The van der Waals surface area contributed by atoms with Crippen LogP contribution in [0.3, 0.4) is 0 Å². The number of anilines is 1. The Bertz CT molecular complexity index is 632. The zero-order valence-corrected chi connectivity index (χ0v) is 14.1. The van der Waals surface area contributed by atoms with Gasteiger partial charge in [0.25, 0.3) is 0 Å². The van der Waals surface area contributed by atoms with Crippen LogP contribution in [0.2, 0.25) is 0 Å². The molecular weight excluding hydrogens is 274 g/mol. The minimum absolute atomic E-state index is 0.122. The predicted octanol–water partition coefficient (Wildman–Crippen LogP) is 4.02. The lowest BCUT2D eigenvalue weighted by Gasteiger charge is -2.19. The van der Waals surface area contributed by atoms with Gasteiger partial charge >= 0.3 is 0 Å². The maximum absolute atomic E-state index is 5.83. The van der Waals surface area contributed by atoms with Gasteiger partial charge in [-0.1, -0.05) is 24.3 Å². The van der Waals surface area contributed by atoms with Crippen molar-refractivity contribution < 1.29 is 4.74 Å². The molecule has 1 aromatic heterocycles. The predicted molar refractivity (Wildman–Crippen MR) is 89.8 cm³/mol. The molecule has 0 aliphatic carbocycles. The van der Waals surface area contributed by atoms with Crippen molar-refractivity contribution in [2.45, 2.75) is 53.4 Å². The highest BCUT2D eigenvalue weighted by atomic mass is 16.5. The summed E-state index contributed by atoms with van der Waals surface area (Å²) >= 11 is 0. The SMILES string of the molecule is Cc1cnc(C)c(NCc2cccc(COC(C)(C)C)c2)n1. The standard InChI is InChI=1S/C18H25N3O/c1-13-10-19-14(2)17(21-13)20-11-15-7-6-8-16(9-15)12-22-18(3,4)5/h6-10H,11-12H2,1-5H3,(H,20,21). The average molecular weight is 299 g/mol. The molecule has 4 nitrogen and oxygen atoms in total. The third-order valence-electron chi connectivity index (χ3n) is 3.20. The Kier molecular flexibility index (Phi) is 5.14. The highest BCUT2D eigenvalue weighted by Gasteiger charge is 2.10. The van der Waals surface area contributed by atoms with Crippen LogP contribution in [-0.2, 0) is 17.9 Å². The van der Waals surface area contributed by atoms with Crippen molar-refractivity contribution in [1.29, 1.82) is 0 Å². The molecule has 0 saturated carbocycles. The zero-order valence-electron chi connectivity index (χ0n) is 14.1. The topological polar surface area (TPSA) is 47.0 Å². The minimum Gasteiger partial charge on any atom is -0.371 e. The van der Waals surface area contributed by atoms with Crippen molar-refractivity contribution in [3.05, 3.63) is 53.0 Å². The lowest BCUT2D eigenvalue weighted by molar-refractivity contribution is -0.0149. The maximum atomic E-state index is 5.83. The van der Waals surface area contributed by atoms with Crippen LogP contribution >= 0.6 is 0 Å². The number of benzene rings is 1. The first-order chi connectivity index (χ1) is 10.3. The maximum Gasteiger partial charge on any atom is 0.148 e. The second-order valence-corrected chi connectivity index (χ2v) is 6.52. The largest absolute Gasteiger partial charge is 0.371 e. The summed E-state index contributed by atoms with van der Waals surface area (Å²) in [4.78, 5) is 8.80. The molecule has 0 bridgehead atoms. The summed E-state index contributed by atoms with van der Waals surface area (Å²) < 4.78 is 5.83. The normalized spacial score (nSPS) is 11.5. The third kappa shape index (κ3) is 5.11. The van der Waals surface area contributed by atoms with E-state index in [1.807, 2.05) is 13.8 Å². The van der Waals surface area contributed by atoms with Crippen molar-refractivity contribution in [2.75, 3.05) is 5.32 Å². The number of nitrogens with zero attached hydrogens (tertiary/aromatic N) is 2. The minimum atomic E-state index is -0.122. The van der Waals surface area contributed by atoms with E-state index in [2.05, 4.69) is 60.3 Å². The summed E-state index contributed by atoms with van der Waals surface area (Å²) in [6, 6.07) is 8.42. The third-order valence-corrected chi connectivity index (χ3v) is 3.20. The molecule has 0 amide bonds. The summed E-state index contributed by atoms with van der Waals surface area (Å²) in [6.45, 7) is 11.5. The molecule has 0 spiro atoms. The second-order valence-electron chi connectivity index (χ2n) is 6.52. The molecule has 0 saturated heterocycles. The Morgan fingerprint density at radius 3 is 2.59 bits per heavy atom. The fourth-order valence-corrected chi connectivity index (χ4v) is 2.02. The molecule has 1 N–H and O–H groups in total. The number of ether oxygens (including phenoxy) is 1. The van der Waals surface area contributed by atoms with Gasteiger partial charge in [0.15, 0.2) is 0 Å². The summed E-state index contributed by atoms with van der Waals surface area (Å²) in [5, 5.41) is 3.36. The van der Waals surface area contributed by atoms with Crippen LogP contribution in [0, 0.1) is 13.8 Å². The van der Waals surface area contributed by atoms with Gasteiger partial charge in [0.2, 0.25) is 0 Å². The van der Waals surface area contributed by atoms with Crippen molar-refractivity contribution in [3.8, 4) is 0 Å².